The van der Waals surface area contributed by atoms with Gasteiger partial charge in [-0.3, -0.25) is 0 Å². The standard InChI is InChI=1S/C27H28O3.H3N/c28-18-10-17-25(26(29)30)27(19-22-11-4-1-5-12-22,20-23-13-6-2-7-14-23)21-24-15-8-3-9-16-24;/h1-9,11-17,28H,10,18-21H2,(H,29,30);1H3. The van der Waals surface area contributed by atoms with E-state index in [1.807, 2.05) is 54.6 Å². The number of carboxylic acids is 1. The van der Waals surface area contributed by atoms with Crippen molar-refractivity contribution in [2.24, 2.45) is 5.41 Å². The van der Waals surface area contributed by atoms with Crippen LogP contribution in [0.25, 0.3) is 0 Å². The van der Waals surface area contributed by atoms with Gasteiger partial charge in [-0.15, -0.1) is 0 Å². The Morgan fingerprint density at radius 2 is 1.06 bits per heavy atom. The Morgan fingerprint density at radius 1 is 0.710 bits per heavy atom. The Kier molecular flexibility index (Phi) is 9.19. The van der Waals surface area contributed by atoms with E-state index in [9.17, 15) is 15.0 Å². The van der Waals surface area contributed by atoms with E-state index in [0.717, 1.165) is 16.7 Å². The maximum Gasteiger partial charge on any atom is 0.331 e. The van der Waals surface area contributed by atoms with E-state index in [2.05, 4.69) is 36.4 Å². The van der Waals surface area contributed by atoms with Crippen molar-refractivity contribution >= 4 is 5.97 Å². The topological polar surface area (TPSA) is 92.5 Å². The summed E-state index contributed by atoms with van der Waals surface area (Å²) in [5.41, 5.74) is 3.01. The molecule has 0 radical (unpaired) electrons. The van der Waals surface area contributed by atoms with Gasteiger partial charge < -0.3 is 16.4 Å². The smallest absolute Gasteiger partial charge is 0.331 e. The molecule has 3 aromatic rings. The molecule has 31 heavy (non-hydrogen) atoms. The zero-order valence-corrected chi connectivity index (χ0v) is 17.8. The summed E-state index contributed by atoms with van der Waals surface area (Å²) in [6.45, 7) is -0.0745. The van der Waals surface area contributed by atoms with Gasteiger partial charge in [0.2, 0.25) is 0 Å². The lowest BCUT2D eigenvalue weighted by Gasteiger charge is -2.36. The Morgan fingerprint density at radius 3 is 1.35 bits per heavy atom. The zero-order chi connectivity index (χ0) is 21.2. The predicted octanol–water partition coefficient (Wildman–Crippen LogP) is 5.26. The van der Waals surface area contributed by atoms with E-state index in [-0.39, 0.29) is 12.8 Å². The maximum atomic E-state index is 12.5. The van der Waals surface area contributed by atoms with Crippen molar-refractivity contribution in [1.29, 1.82) is 0 Å². The van der Waals surface area contributed by atoms with E-state index < -0.39 is 11.4 Å². The fourth-order valence-corrected chi connectivity index (χ4v) is 4.17. The van der Waals surface area contributed by atoms with Crippen LogP contribution in [0.4, 0.5) is 0 Å². The van der Waals surface area contributed by atoms with Crippen molar-refractivity contribution in [3.05, 3.63) is 119 Å². The van der Waals surface area contributed by atoms with E-state index in [4.69, 9.17) is 0 Å². The third kappa shape index (κ3) is 6.64. The summed E-state index contributed by atoms with van der Waals surface area (Å²) < 4.78 is 0. The van der Waals surface area contributed by atoms with Crippen LogP contribution in [-0.2, 0) is 24.1 Å². The molecule has 0 saturated carbocycles. The third-order valence-corrected chi connectivity index (χ3v) is 5.44. The van der Waals surface area contributed by atoms with Crippen molar-refractivity contribution in [2.45, 2.75) is 25.7 Å². The van der Waals surface area contributed by atoms with Crippen LogP contribution in [0.5, 0.6) is 0 Å². The van der Waals surface area contributed by atoms with Crippen molar-refractivity contribution in [3.8, 4) is 0 Å². The fourth-order valence-electron chi connectivity index (χ4n) is 4.17. The van der Waals surface area contributed by atoms with Crippen LogP contribution in [0, 0.1) is 5.41 Å². The van der Waals surface area contributed by atoms with E-state index >= 15 is 0 Å². The highest BCUT2D eigenvalue weighted by Crippen LogP contribution is 2.40. The number of benzene rings is 3. The summed E-state index contributed by atoms with van der Waals surface area (Å²) >= 11 is 0. The van der Waals surface area contributed by atoms with E-state index in [0.29, 0.717) is 31.3 Å². The molecule has 0 bridgehead atoms. The highest BCUT2D eigenvalue weighted by Gasteiger charge is 2.38. The highest BCUT2D eigenvalue weighted by atomic mass is 16.4. The van der Waals surface area contributed by atoms with Gasteiger partial charge in [-0.2, -0.15) is 0 Å². The molecular weight excluding hydrogens is 386 g/mol. The first-order valence-corrected chi connectivity index (χ1v) is 10.3. The van der Waals surface area contributed by atoms with Gasteiger partial charge in [0.25, 0.3) is 0 Å². The van der Waals surface area contributed by atoms with Gasteiger partial charge >= 0.3 is 5.97 Å². The van der Waals surface area contributed by atoms with Gasteiger partial charge in [0.1, 0.15) is 0 Å². The minimum atomic E-state index is -0.925. The minimum Gasteiger partial charge on any atom is -0.478 e. The van der Waals surface area contributed by atoms with Crippen molar-refractivity contribution in [2.75, 3.05) is 6.61 Å². The Bertz CT molecular complexity index is 852. The van der Waals surface area contributed by atoms with Crippen LogP contribution < -0.4 is 6.15 Å². The molecule has 4 heteroatoms. The first-order chi connectivity index (χ1) is 14.6. The summed E-state index contributed by atoms with van der Waals surface area (Å²) in [6, 6.07) is 30.2. The van der Waals surface area contributed by atoms with Crippen LogP contribution in [0.3, 0.4) is 0 Å². The molecule has 5 N–H and O–H groups in total. The van der Waals surface area contributed by atoms with Gasteiger partial charge in [-0.1, -0.05) is 97.1 Å². The molecule has 0 saturated heterocycles. The van der Waals surface area contributed by atoms with Crippen LogP contribution in [-0.4, -0.2) is 22.8 Å². The van der Waals surface area contributed by atoms with Crippen LogP contribution in [0.15, 0.2) is 103 Å². The third-order valence-electron chi connectivity index (χ3n) is 5.44. The molecule has 4 nitrogen and oxygen atoms in total. The first kappa shape index (κ1) is 24.1. The number of hydrogen-bond donors (Lipinski definition) is 3. The molecule has 0 heterocycles. The number of carboxylic acid groups (broad SMARTS) is 1. The SMILES string of the molecule is N.O=C(O)C(=CCCO)C(Cc1ccccc1)(Cc1ccccc1)Cc1ccccc1. The quantitative estimate of drug-likeness (QED) is 0.393. The molecule has 0 spiro atoms. The maximum absolute atomic E-state index is 12.5. The highest BCUT2D eigenvalue weighted by molar-refractivity contribution is 5.88. The van der Waals surface area contributed by atoms with Crippen LogP contribution >= 0.6 is 0 Å². The van der Waals surface area contributed by atoms with Gasteiger partial charge in [-0.25, -0.2) is 4.79 Å². The first-order valence-electron chi connectivity index (χ1n) is 10.3. The Hall–Kier alpha value is -3.21. The summed E-state index contributed by atoms with van der Waals surface area (Å²) in [5, 5.41) is 19.6. The van der Waals surface area contributed by atoms with Crippen LogP contribution in [0.2, 0.25) is 0 Å². The molecule has 162 valence electrons. The number of aliphatic hydroxyl groups excluding tert-OH is 1. The molecule has 3 rings (SSSR count). The minimum absolute atomic E-state index is 0. The monoisotopic (exact) mass is 417 g/mol. The second-order valence-electron chi connectivity index (χ2n) is 7.70. The van der Waals surface area contributed by atoms with Gasteiger partial charge in [0.15, 0.2) is 0 Å². The largest absolute Gasteiger partial charge is 0.478 e. The number of carbonyl (C=O) groups is 1. The average molecular weight is 418 g/mol. The molecule has 3 aromatic carbocycles. The second kappa shape index (κ2) is 11.8. The van der Waals surface area contributed by atoms with Crippen molar-refractivity contribution in [3.63, 3.8) is 0 Å². The lowest BCUT2D eigenvalue weighted by Crippen LogP contribution is -2.35. The van der Waals surface area contributed by atoms with Crippen molar-refractivity contribution < 1.29 is 15.0 Å². The lowest BCUT2D eigenvalue weighted by atomic mass is 9.67. The summed E-state index contributed by atoms with van der Waals surface area (Å²) in [6.07, 6.45) is 3.82. The molecular formula is C27H31NO3. The second-order valence-corrected chi connectivity index (χ2v) is 7.70. The molecule has 0 unspecified atom stereocenters. The summed E-state index contributed by atoms with van der Waals surface area (Å²) in [7, 11) is 0. The molecule has 0 aliphatic carbocycles. The van der Waals surface area contributed by atoms with E-state index in [1.165, 1.54) is 0 Å². The molecule has 0 aliphatic heterocycles. The van der Waals surface area contributed by atoms with Gasteiger partial charge in [-0.05, 0) is 42.4 Å². The normalized spacial score (nSPS) is 11.6. The van der Waals surface area contributed by atoms with Crippen molar-refractivity contribution in [1.82, 2.24) is 6.15 Å². The summed E-state index contributed by atoms with van der Waals surface area (Å²) in [5.74, 6) is -0.925. The predicted molar refractivity (Wildman–Crippen MR) is 125 cm³/mol. The lowest BCUT2D eigenvalue weighted by molar-refractivity contribution is -0.134. The Balaban J connectivity index is 0.00000341. The fraction of sp³-hybridized carbons (Fsp3) is 0.222. The van der Waals surface area contributed by atoms with E-state index in [1.54, 1.807) is 6.08 Å². The van der Waals surface area contributed by atoms with Crippen LogP contribution in [0.1, 0.15) is 23.1 Å². The number of rotatable bonds is 10. The molecule has 0 amide bonds. The zero-order valence-electron chi connectivity index (χ0n) is 17.8. The summed E-state index contributed by atoms with van der Waals surface area (Å²) in [4.78, 5) is 12.5. The molecule has 0 fully saturated rings. The Labute approximate surface area is 184 Å². The number of aliphatic hydroxyl groups is 1. The molecule has 0 aliphatic rings. The number of hydrogen-bond acceptors (Lipinski definition) is 3. The molecule has 0 aromatic heterocycles. The average Bonchev–Trinajstić information content (AvgIpc) is 2.76. The van der Waals surface area contributed by atoms with Gasteiger partial charge in [0.05, 0.1) is 0 Å². The van der Waals surface area contributed by atoms with Gasteiger partial charge in [0, 0.05) is 17.6 Å². The molecule has 0 atom stereocenters. The number of aliphatic carboxylic acids is 1.